The molecule has 1 aromatic carbocycles. The molecule has 3 heteroatoms. The van der Waals surface area contributed by atoms with Crippen LogP contribution in [0.15, 0.2) is 18.2 Å². The molecule has 24 heavy (non-hydrogen) atoms. The van der Waals surface area contributed by atoms with E-state index >= 15 is 0 Å². The lowest BCUT2D eigenvalue weighted by Gasteiger charge is -2.38. The van der Waals surface area contributed by atoms with E-state index in [1.165, 1.54) is 16.8 Å². The summed E-state index contributed by atoms with van der Waals surface area (Å²) in [6.07, 6.45) is 3.15. The Labute approximate surface area is 148 Å². The van der Waals surface area contributed by atoms with E-state index in [4.69, 9.17) is 5.11 Å². The highest BCUT2D eigenvalue weighted by Gasteiger charge is 2.52. The number of likely N-dealkylation sites (N-methyl/N-ethyl adjacent to an activating group) is 1. The molecule has 2 unspecified atom stereocenters. The standard InChI is InChI=1S/C19H29NO2.C2H6/c1-14-10-11-17-16(13-14)19(3,4)15(2)20(17,5)12-8-6-7-9-18(21)22;1-2/h10-11,13,15H,6-9,12H2,1-5H3;1-2H3/p+1. The number of aliphatic carboxylic acids is 1. The van der Waals surface area contributed by atoms with Gasteiger partial charge in [0.15, 0.2) is 0 Å². The number of aryl methyl sites for hydroxylation is 1. The smallest absolute Gasteiger partial charge is 0.303 e. The average molecular weight is 335 g/mol. The van der Waals surface area contributed by atoms with Crippen molar-refractivity contribution < 1.29 is 9.90 Å². The minimum Gasteiger partial charge on any atom is -0.481 e. The van der Waals surface area contributed by atoms with Crippen LogP contribution in [0.4, 0.5) is 5.69 Å². The number of hydrogen-bond acceptors (Lipinski definition) is 1. The Morgan fingerprint density at radius 3 is 2.42 bits per heavy atom. The minimum atomic E-state index is -0.683. The van der Waals surface area contributed by atoms with Crippen LogP contribution in [0.3, 0.4) is 0 Å². The zero-order valence-electron chi connectivity index (χ0n) is 16.6. The Morgan fingerprint density at radius 1 is 1.21 bits per heavy atom. The van der Waals surface area contributed by atoms with Gasteiger partial charge >= 0.3 is 5.97 Å². The number of hydrogen-bond donors (Lipinski definition) is 1. The molecule has 0 saturated heterocycles. The lowest BCUT2D eigenvalue weighted by atomic mass is 9.80. The van der Waals surface area contributed by atoms with Crippen molar-refractivity contribution in [3.8, 4) is 0 Å². The Kier molecular flexibility index (Phi) is 7.03. The summed E-state index contributed by atoms with van der Waals surface area (Å²) in [4.78, 5) is 10.6. The average Bonchev–Trinajstić information content (AvgIpc) is 2.68. The van der Waals surface area contributed by atoms with E-state index in [0.29, 0.717) is 12.5 Å². The third-order valence-electron chi connectivity index (χ3n) is 5.81. The van der Waals surface area contributed by atoms with Crippen molar-refractivity contribution in [1.29, 1.82) is 0 Å². The van der Waals surface area contributed by atoms with Crippen LogP contribution in [0.2, 0.25) is 0 Å². The number of rotatable bonds is 6. The molecule has 2 atom stereocenters. The molecule has 1 aliphatic heterocycles. The van der Waals surface area contributed by atoms with Crippen LogP contribution in [0.1, 0.15) is 71.4 Å². The molecule has 2 rings (SSSR count). The van der Waals surface area contributed by atoms with Crippen LogP contribution in [-0.4, -0.2) is 30.7 Å². The summed E-state index contributed by atoms with van der Waals surface area (Å²) in [5, 5.41) is 8.74. The largest absolute Gasteiger partial charge is 0.481 e. The van der Waals surface area contributed by atoms with E-state index in [1.807, 2.05) is 13.8 Å². The quantitative estimate of drug-likeness (QED) is 0.567. The lowest BCUT2D eigenvalue weighted by molar-refractivity contribution is -0.137. The summed E-state index contributed by atoms with van der Waals surface area (Å²) >= 11 is 0. The molecule has 0 aliphatic carbocycles. The molecular formula is C21H36NO2+. The maximum atomic E-state index is 10.6. The van der Waals surface area contributed by atoms with Gasteiger partial charge in [-0.1, -0.05) is 25.5 Å². The van der Waals surface area contributed by atoms with Crippen LogP contribution in [-0.2, 0) is 10.2 Å². The molecular weight excluding hydrogens is 298 g/mol. The van der Waals surface area contributed by atoms with Gasteiger partial charge < -0.3 is 5.11 Å². The van der Waals surface area contributed by atoms with Crippen molar-refractivity contribution in [2.45, 2.75) is 78.7 Å². The Morgan fingerprint density at radius 2 is 1.83 bits per heavy atom. The fraction of sp³-hybridized carbons (Fsp3) is 0.667. The van der Waals surface area contributed by atoms with Crippen LogP contribution < -0.4 is 4.48 Å². The summed E-state index contributed by atoms with van der Waals surface area (Å²) < 4.78 is 0.968. The molecule has 136 valence electrons. The summed E-state index contributed by atoms with van der Waals surface area (Å²) in [6.45, 7) is 14.3. The summed E-state index contributed by atoms with van der Waals surface area (Å²) in [6, 6.07) is 7.39. The van der Waals surface area contributed by atoms with Gasteiger partial charge in [0, 0.05) is 17.4 Å². The van der Waals surface area contributed by atoms with Crippen molar-refractivity contribution in [3.63, 3.8) is 0 Å². The highest BCUT2D eigenvalue weighted by atomic mass is 16.4. The normalized spacial score (nSPS) is 24.0. The van der Waals surface area contributed by atoms with Gasteiger partial charge in [-0.2, -0.15) is 0 Å². The number of carboxylic acid groups (broad SMARTS) is 1. The van der Waals surface area contributed by atoms with Gasteiger partial charge in [-0.15, -0.1) is 0 Å². The van der Waals surface area contributed by atoms with Gasteiger partial charge in [0.05, 0.1) is 13.6 Å². The predicted octanol–water partition coefficient (Wildman–Crippen LogP) is 5.28. The highest BCUT2D eigenvalue weighted by molar-refractivity contribution is 5.66. The predicted molar refractivity (Wildman–Crippen MR) is 104 cm³/mol. The second-order valence-electron chi connectivity index (χ2n) is 7.61. The van der Waals surface area contributed by atoms with Gasteiger partial charge in [0.2, 0.25) is 0 Å². The molecule has 0 aromatic heterocycles. The van der Waals surface area contributed by atoms with Gasteiger partial charge in [0.25, 0.3) is 0 Å². The monoisotopic (exact) mass is 334 g/mol. The first-order valence-electron chi connectivity index (χ1n) is 9.38. The summed E-state index contributed by atoms with van der Waals surface area (Å²) in [7, 11) is 2.34. The number of carboxylic acids is 1. The van der Waals surface area contributed by atoms with Crippen molar-refractivity contribution >= 4 is 11.7 Å². The van der Waals surface area contributed by atoms with E-state index in [-0.39, 0.29) is 5.41 Å². The van der Waals surface area contributed by atoms with E-state index in [0.717, 1.165) is 30.3 Å². The molecule has 1 aliphatic rings. The van der Waals surface area contributed by atoms with Crippen LogP contribution in [0.25, 0.3) is 0 Å². The molecule has 1 N–H and O–H groups in total. The van der Waals surface area contributed by atoms with Crippen molar-refractivity contribution in [3.05, 3.63) is 29.3 Å². The molecule has 1 aromatic rings. The molecule has 3 nitrogen and oxygen atoms in total. The number of benzene rings is 1. The number of carbonyl (C=O) groups is 1. The molecule has 0 saturated carbocycles. The molecule has 1 heterocycles. The molecule has 0 amide bonds. The maximum absolute atomic E-state index is 10.6. The van der Waals surface area contributed by atoms with Gasteiger partial charge in [0.1, 0.15) is 11.7 Å². The summed E-state index contributed by atoms with van der Waals surface area (Å²) in [5.41, 5.74) is 4.43. The lowest BCUT2D eigenvalue weighted by Crippen LogP contribution is -2.54. The Balaban J connectivity index is 0.00000139. The van der Waals surface area contributed by atoms with Crippen molar-refractivity contribution in [2.75, 3.05) is 13.6 Å². The van der Waals surface area contributed by atoms with E-state index in [2.05, 4.69) is 52.9 Å². The number of unbranched alkanes of at least 4 members (excludes halogenated alkanes) is 2. The summed E-state index contributed by atoms with van der Waals surface area (Å²) in [5.74, 6) is -0.683. The topological polar surface area (TPSA) is 37.3 Å². The fourth-order valence-corrected chi connectivity index (χ4v) is 3.96. The van der Waals surface area contributed by atoms with Gasteiger partial charge in [-0.05, 0) is 59.1 Å². The Hall–Kier alpha value is -1.35. The molecule has 0 fully saturated rings. The first-order chi connectivity index (χ1) is 11.2. The van der Waals surface area contributed by atoms with Crippen molar-refractivity contribution in [2.24, 2.45) is 0 Å². The van der Waals surface area contributed by atoms with E-state index in [1.54, 1.807) is 0 Å². The number of quaternary nitrogens is 1. The van der Waals surface area contributed by atoms with E-state index in [9.17, 15) is 4.79 Å². The van der Waals surface area contributed by atoms with Crippen LogP contribution in [0, 0.1) is 6.92 Å². The zero-order chi connectivity index (χ0) is 18.5. The molecule has 0 bridgehead atoms. The fourth-order valence-electron chi connectivity index (χ4n) is 3.96. The van der Waals surface area contributed by atoms with Crippen LogP contribution in [0.5, 0.6) is 0 Å². The third-order valence-corrected chi connectivity index (χ3v) is 5.81. The number of nitrogens with zero attached hydrogens (tertiary/aromatic N) is 1. The SMILES string of the molecule is CC.Cc1ccc2c(c1)C(C)(C)C(C)[N+]2(C)CCCCCC(=O)O. The Bertz CT molecular complexity index is 565. The van der Waals surface area contributed by atoms with Gasteiger partial charge in [-0.3, -0.25) is 9.28 Å². The minimum absolute atomic E-state index is 0.178. The first-order valence-corrected chi connectivity index (χ1v) is 9.38. The molecule has 0 spiro atoms. The zero-order valence-corrected chi connectivity index (χ0v) is 16.6. The van der Waals surface area contributed by atoms with Crippen molar-refractivity contribution in [1.82, 2.24) is 4.48 Å². The van der Waals surface area contributed by atoms with Gasteiger partial charge in [-0.25, -0.2) is 0 Å². The second-order valence-corrected chi connectivity index (χ2v) is 7.61. The molecule has 0 radical (unpaired) electrons. The maximum Gasteiger partial charge on any atom is 0.303 e. The van der Waals surface area contributed by atoms with E-state index < -0.39 is 5.97 Å². The number of fused-ring (bicyclic) bond motifs is 1. The van der Waals surface area contributed by atoms with Crippen LogP contribution >= 0.6 is 0 Å². The second kappa shape index (κ2) is 8.15. The third kappa shape index (κ3) is 4.00. The highest BCUT2D eigenvalue weighted by Crippen LogP contribution is 2.49. The first kappa shape index (κ1) is 20.7.